The van der Waals surface area contributed by atoms with Crippen LogP contribution in [0.1, 0.15) is 11.1 Å². The third-order valence-corrected chi connectivity index (χ3v) is 4.45. The number of rotatable bonds is 4. The van der Waals surface area contributed by atoms with Crippen LogP contribution in [-0.2, 0) is 5.75 Å². The van der Waals surface area contributed by atoms with E-state index in [9.17, 15) is 0 Å². The van der Waals surface area contributed by atoms with Gasteiger partial charge in [0, 0.05) is 10.8 Å². The number of nitriles is 1. The fraction of sp³-hybridized carbons (Fsp3) is 0.0625. The number of nitrogens with zero attached hydrogens (tertiary/aromatic N) is 3. The lowest BCUT2D eigenvalue weighted by Crippen LogP contribution is -1.81. The highest BCUT2D eigenvalue weighted by Crippen LogP contribution is 2.31. The number of thioether (sulfide) groups is 1. The molecule has 0 bridgehead atoms. The van der Waals surface area contributed by atoms with E-state index in [-0.39, 0.29) is 0 Å². The Labute approximate surface area is 147 Å². The quantitative estimate of drug-likeness (QED) is 0.597. The molecule has 0 saturated heterocycles. The van der Waals surface area contributed by atoms with Crippen molar-refractivity contribution in [1.82, 2.24) is 10.2 Å². The molecule has 0 N–H and O–H groups in total. The Hall–Kier alpha value is -2.00. The van der Waals surface area contributed by atoms with Gasteiger partial charge in [0.05, 0.1) is 22.2 Å². The maximum absolute atomic E-state index is 8.78. The molecule has 0 aliphatic carbocycles. The van der Waals surface area contributed by atoms with Crippen molar-refractivity contribution in [2.75, 3.05) is 0 Å². The number of halogens is 2. The number of hydrogen-bond acceptors (Lipinski definition) is 5. The van der Waals surface area contributed by atoms with E-state index in [0.717, 1.165) is 5.56 Å². The molecular weight excluding hydrogens is 353 g/mol. The third kappa shape index (κ3) is 3.85. The maximum atomic E-state index is 8.78. The summed E-state index contributed by atoms with van der Waals surface area (Å²) in [7, 11) is 0. The third-order valence-electron chi connectivity index (χ3n) is 3.01. The summed E-state index contributed by atoms with van der Waals surface area (Å²) in [6, 6.07) is 14.5. The predicted molar refractivity (Wildman–Crippen MR) is 90.5 cm³/mol. The molecule has 1 heterocycles. The van der Waals surface area contributed by atoms with E-state index in [0.29, 0.717) is 38.0 Å². The lowest BCUT2D eigenvalue weighted by Gasteiger charge is -1.99. The highest BCUT2D eigenvalue weighted by Gasteiger charge is 2.12. The Morgan fingerprint density at radius 3 is 2.57 bits per heavy atom. The van der Waals surface area contributed by atoms with Crippen LogP contribution in [0.25, 0.3) is 11.5 Å². The lowest BCUT2D eigenvalue weighted by atomic mass is 10.2. The van der Waals surface area contributed by atoms with E-state index in [1.807, 2.05) is 12.1 Å². The topological polar surface area (TPSA) is 62.7 Å². The first kappa shape index (κ1) is 15.9. The summed E-state index contributed by atoms with van der Waals surface area (Å²) in [5, 5.41) is 18.3. The zero-order valence-corrected chi connectivity index (χ0v) is 14.0. The molecule has 0 amide bonds. The molecule has 114 valence electrons. The Bertz CT molecular complexity index is 872. The largest absolute Gasteiger partial charge is 0.411 e. The number of aromatic nitrogens is 2. The average Bonchev–Trinajstić information content (AvgIpc) is 3.02. The van der Waals surface area contributed by atoms with Gasteiger partial charge in [-0.1, -0.05) is 47.1 Å². The van der Waals surface area contributed by atoms with Gasteiger partial charge in [0.1, 0.15) is 0 Å². The molecule has 7 heteroatoms. The van der Waals surface area contributed by atoms with Crippen LogP contribution >= 0.6 is 35.0 Å². The van der Waals surface area contributed by atoms with Crippen LogP contribution in [0.4, 0.5) is 0 Å². The van der Waals surface area contributed by atoms with Crippen LogP contribution in [0.2, 0.25) is 10.0 Å². The van der Waals surface area contributed by atoms with Crippen molar-refractivity contribution in [3.05, 3.63) is 63.6 Å². The molecule has 0 unspecified atom stereocenters. The molecule has 0 atom stereocenters. The molecule has 0 saturated carbocycles. The Balaban J connectivity index is 1.70. The van der Waals surface area contributed by atoms with Crippen molar-refractivity contribution >= 4 is 35.0 Å². The van der Waals surface area contributed by atoms with E-state index in [1.165, 1.54) is 11.8 Å². The molecular formula is C16H9Cl2N3OS. The van der Waals surface area contributed by atoms with Crippen molar-refractivity contribution in [3.8, 4) is 17.5 Å². The Morgan fingerprint density at radius 2 is 1.87 bits per heavy atom. The van der Waals surface area contributed by atoms with Gasteiger partial charge in [0.2, 0.25) is 5.89 Å². The van der Waals surface area contributed by atoms with E-state index in [4.69, 9.17) is 32.9 Å². The Kier molecular flexibility index (Phi) is 4.87. The summed E-state index contributed by atoms with van der Waals surface area (Å²) < 4.78 is 5.62. The molecule has 0 radical (unpaired) electrons. The van der Waals surface area contributed by atoms with Crippen molar-refractivity contribution in [3.63, 3.8) is 0 Å². The molecule has 3 rings (SSSR count). The molecule has 0 spiro atoms. The van der Waals surface area contributed by atoms with Crippen molar-refractivity contribution < 1.29 is 4.42 Å². The van der Waals surface area contributed by atoms with Gasteiger partial charge in [-0.25, -0.2) is 0 Å². The monoisotopic (exact) mass is 361 g/mol. The molecule has 0 aliphatic rings. The summed E-state index contributed by atoms with van der Waals surface area (Å²) in [4.78, 5) is 0. The minimum atomic E-state index is 0.356. The molecule has 1 aromatic heterocycles. The van der Waals surface area contributed by atoms with Gasteiger partial charge in [0.15, 0.2) is 0 Å². The highest BCUT2D eigenvalue weighted by molar-refractivity contribution is 7.98. The van der Waals surface area contributed by atoms with Crippen LogP contribution in [-0.4, -0.2) is 10.2 Å². The molecule has 0 aliphatic heterocycles. The second-order valence-electron chi connectivity index (χ2n) is 4.59. The maximum Gasteiger partial charge on any atom is 0.277 e. The van der Waals surface area contributed by atoms with Gasteiger partial charge in [-0.05, 0) is 35.9 Å². The van der Waals surface area contributed by atoms with Gasteiger partial charge < -0.3 is 4.42 Å². The fourth-order valence-electron chi connectivity index (χ4n) is 1.86. The van der Waals surface area contributed by atoms with E-state index >= 15 is 0 Å². The fourth-order valence-corrected chi connectivity index (χ4v) is 3.07. The summed E-state index contributed by atoms with van der Waals surface area (Å²) in [6.07, 6.45) is 0. The summed E-state index contributed by atoms with van der Waals surface area (Å²) in [5.41, 5.74) is 2.35. The minimum Gasteiger partial charge on any atom is -0.411 e. The van der Waals surface area contributed by atoms with Crippen LogP contribution in [0, 0.1) is 11.3 Å². The number of hydrogen-bond donors (Lipinski definition) is 0. The summed E-state index contributed by atoms with van der Waals surface area (Å²) in [6.45, 7) is 0. The van der Waals surface area contributed by atoms with E-state index in [2.05, 4.69) is 16.3 Å². The van der Waals surface area contributed by atoms with Crippen molar-refractivity contribution in [2.24, 2.45) is 0 Å². The van der Waals surface area contributed by atoms with Crippen LogP contribution < -0.4 is 0 Å². The minimum absolute atomic E-state index is 0.356. The SMILES string of the molecule is N#Cc1ccc(CSc2nnc(-c3ccc(Cl)cc3Cl)o2)cc1. The van der Waals surface area contributed by atoms with Gasteiger partial charge in [0.25, 0.3) is 5.22 Å². The first-order valence-corrected chi connectivity index (χ1v) is 8.30. The zero-order chi connectivity index (χ0) is 16.2. The molecule has 23 heavy (non-hydrogen) atoms. The second-order valence-corrected chi connectivity index (χ2v) is 6.36. The smallest absolute Gasteiger partial charge is 0.277 e. The summed E-state index contributed by atoms with van der Waals surface area (Å²) >= 11 is 13.4. The first-order chi connectivity index (χ1) is 11.2. The first-order valence-electron chi connectivity index (χ1n) is 6.56. The standard InChI is InChI=1S/C16H9Cl2N3OS/c17-12-5-6-13(14(18)7-12)15-20-21-16(22-15)23-9-11-3-1-10(8-19)2-4-11/h1-7H,9H2. The highest BCUT2D eigenvalue weighted by atomic mass is 35.5. The number of benzene rings is 2. The van der Waals surface area contributed by atoms with Gasteiger partial charge in [-0.15, -0.1) is 10.2 Å². The van der Waals surface area contributed by atoms with Gasteiger partial charge >= 0.3 is 0 Å². The van der Waals surface area contributed by atoms with Crippen molar-refractivity contribution in [1.29, 1.82) is 5.26 Å². The van der Waals surface area contributed by atoms with Crippen LogP contribution in [0.5, 0.6) is 0 Å². The van der Waals surface area contributed by atoms with Crippen LogP contribution in [0.15, 0.2) is 52.1 Å². The van der Waals surface area contributed by atoms with E-state index < -0.39 is 0 Å². The van der Waals surface area contributed by atoms with E-state index in [1.54, 1.807) is 30.3 Å². The second kappa shape index (κ2) is 7.05. The molecule has 3 aromatic rings. The average molecular weight is 362 g/mol. The summed E-state index contributed by atoms with van der Waals surface area (Å²) in [5.74, 6) is 1.02. The van der Waals surface area contributed by atoms with Crippen molar-refractivity contribution in [2.45, 2.75) is 11.0 Å². The predicted octanol–water partition coefficient (Wildman–Crippen LogP) is 5.21. The van der Waals surface area contributed by atoms with Gasteiger partial charge in [-0.2, -0.15) is 5.26 Å². The molecule has 2 aromatic carbocycles. The molecule has 4 nitrogen and oxygen atoms in total. The van der Waals surface area contributed by atoms with Gasteiger partial charge in [-0.3, -0.25) is 0 Å². The Morgan fingerprint density at radius 1 is 1.09 bits per heavy atom. The normalized spacial score (nSPS) is 10.5. The lowest BCUT2D eigenvalue weighted by molar-refractivity contribution is 0.466. The van der Waals surface area contributed by atoms with Crippen LogP contribution in [0.3, 0.4) is 0 Å². The molecule has 0 fully saturated rings. The zero-order valence-electron chi connectivity index (χ0n) is 11.7.